The second-order valence-corrected chi connectivity index (χ2v) is 3.99. The summed E-state index contributed by atoms with van der Waals surface area (Å²) in [5.41, 5.74) is 7.54. The van der Waals surface area contributed by atoms with Gasteiger partial charge in [0.25, 0.3) is 5.69 Å². The van der Waals surface area contributed by atoms with Gasteiger partial charge in [-0.15, -0.1) is 0 Å². The van der Waals surface area contributed by atoms with Gasteiger partial charge in [-0.3, -0.25) is 10.1 Å². The van der Waals surface area contributed by atoms with E-state index in [-0.39, 0.29) is 5.69 Å². The first kappa shape index (κ1) is 12.3. The standard InChI is InChI=1S/C12H14N4O2/c13-6-5-10-8-14-12(15-10)7-9-1-3-11(4-2-9)16(17)18/h1-4,8H,5-7,13H2,(H,14,15). The van der Waals surface area contributed by atoms with Gasteiger partial charge in [0, 0.05) is 36.9 Å². The van der Waals surface area contributed by atoms with Gasteiger partial charge in [0.15, 0.2) is 0 Å². The van der Waals surface area contributed by atoms with Crippen LogP contribution in [0.1, 0.15) is 17.1 Å². The van der Waals surface area contributed by atoms with E-state index in [9.17, 15) is 10.1 Å². The van der Waals surface area contributed by atoms with E-state index in [1.807, 2.05) is 0 Å². The van der Waals surface area contributed by atoms with Crippen LogP contribution < -0.4 is 5.73 Å². The molecule has 0 fully saturated rings. The molecule has 18 heavy (non-hydrogen) atoms. The Morgan fingerprint density at radius 2 is 2.06 bits per heavy atom. The van der Waals surface area contributed by atoms with Crippen LogP contribution in [-0.4, -0.2) is 21.4 Å². The fourth-order valence-corrected chi connectivity index (χ4v) is 1.71. The molecule has 1 aromatic heterocycles. The normalized spacial score (nSPS) is 10.5. The monoisotopic (exact) mass is 246 g/mol. The lowest BCUT2D eigenvalue weighted by molar-refractivity contribution is -0.384. The van der Waals surface area contributed by atoms with E-state index in [0.717, 1.165) is 23.5 Å². The third-order valence-corrected chi connectivity index (χ3v) is 2.61. The Labute approximate surface area is 104 Å². The fraction of sp³-hybridized carbons (Fsp3) is 0.250. The van der Waals surface area contributed by atoms with Crippen LogP contribution in [-0.2, 0) is 12.8 Å². The van der Waals surface area contributed by atoms with Crippen LogP contribution in [0.4, 0.5) is 5.69 Å². The van der Waals surface area contributed by atoms with E-state index in [2.05, 4.69) is 9.97 Å². The van der Waals surface area contributed by atoms with E-state index >= 15 is 0 Å². The second-order valence-electron chi connectivity index (χ2n) is 3.99. The lowest BCUT2D eigenvalue weighted by Gasteiger charge is -1.98. The second kappa shape index (κ2) is 5.42. The number of nitro groups is 1. The van der Waals surface area contributed by atoms with Crippen LogP contribution >= 0.6 is 0 Å². The lowest BCUT2D eigenvalue weighted by Crippen LogP contribution is -2.02. The van der Waals surface area contributed by atoms with Gasteiger partial charge in [0.05, 0.1) is 4.92 Å². The lowest BCUT2D eigenvalue weighted by atomic mass is 10.1. The maximum atomic E-state index is 10.5. The van der Waals surface area contributed by atoms with Crippen molar-refractivity contribution in [2.24, 2.45) is 5.73 Å². The smallest absolute Gasteiger partial charge is 0.269 e. The number of benzene rings is 1. The number of nitrogens with zero attached hydrogens (tertiary/aromatic N) is 2. The average Bonchev–Trinajstić information content (AvgIpc) is 2.78. The number of nitrogens with two attached hydrogens (primary N) is 1. The number of non-ortho nitro benzene ring substituents is 1. The van der Waals surface area contributed by atoms with E-state index in [4.69, 9.17) is 5.73 Å². The number of hydrogen-bond donors (Lipinski definition) is 2. The molecule has 0 amide bonds. The summed E-state index contributed by atoms with van der Waals surface area (Å²) >= 11 is 0. The first-order chi connectivity index (χ1) is 8.69. The van der Waals surface area contributed by atoms with E-state index in [1.165, 1.54) is 12.1 Å². The van der Waals surface area contributed by atoms with Crippen molar-refractivity contribution in [1.29, 1.82) is 0 Å². The number of aromatic amines is 1. The molecule has 2 rings (SSSR count). The quantitative estimate of drug-likeness (QED) is 0.615. The molecular weight excluding hydrogens is 232 g/mol. The molecule has 1 heterocycles. The zero-order valence-corrected chi connectivity index (χ0v) is 9.80. The van der Waals surface area contributed by atoms with E-state index in [1.54, 1.807) is 18.3 Å². The van der Waals surface area contributed by atoms with Crippen LogP contribution in [0.2, 0.25) is 0 Å². The molecule has 0 unspecified atom stereocenters. The summed E-state index contributed by atoms with van der Waals surface area (Å²) in [6, 6.07) is 6.48. The van der Waals surface area contributed by atoms with Gasteiger partial charge >= 0.3 is 0 Å². The third-order valence-electron chi connectivity index (χ3n) is 2.61. The molecule has 0 aliphatic rings. The van der Waals surface area contributed by atoms with Crippen molar-refractivity contribution in [1.82, 2.24) is 9.97 Å². The molecular formula is C12H14N4O2. The minimum atomic E-state index is -0.407. The zero-order chi connectivity index (χ0) is 13.0. The number of nitro benzene ring substituents is 1. The number of rotatable bonds is 5. The fourth-order valence-electron chi connectivity index (χ4n) is 1.71. The van der Waals surface area contributed by atoms with Crippen molar-refractivity contribution in [3.05, 3.63) is 57.7 Å². The largest absolute Gasteiger partial charge is 0.346 e. The van der Waals surface area contributed by atoms with Crippen molar-refractivity contribution in [3.8, 4) is 0 Å². The average molecular weight is 246 g/mol. The Morgan fingerprint density at radius 3 is 2.67 bits per heavy atom. The predicted octanol–water partition coefficient (Wildman–Crippen LogP) is 1.41. The van der Waals surface area contributed by atoms with Crippen molar-refractivity contribution in [2.75, 3.05) is 6.54 Å². The molecule has 0 atom stereocenters. The highest BCUT2D eigenvalue weighted by molar-refractivity contribution is 5.34. The molecule has 0 saturated heterocycles. The summed E-state index contributed by atoms with van der Waals surface area (Å²) in [6.07, 6.45) is 3.17. The molecule has 0 aliphatic heterocycles. The Kier molecular flexibility index (Phi) is 3.69. The Hall–Kier alpha value is -2.21. The molecule has 0 bridgehead atoms. The maximum absolute atomic E-state index is 10.5. The first-order valence-electron chi connectivity index (χ1n) is 5.65. The number of aromatic nitrogens is 2. The minimum Gasteiger partial charge on any atom is -0.346 e. The molecule has 2 aromatic rings. The molecule has 6 nitrogen and oxygen atoms in total. The summed E-state index contributed by atoms with van der Waals surface area (Å²) in [4.78, 5) is 17.5. The van der Waals surface area contributed by atoms with Gasteiger partial charge in [0.1, 0.15) is 5.82 Å². The Bertz CT molecular complexity index is 533. The summed E-state index contributed by atoms with van der Waals surface area (Å²) in [5.74, 6) is 0.840. The van der Waals surface area contributed by atoms with Crippen LogP contribution in [0.25, 0.3) is 0 Å². The molecule has 0 spiro atoms. The summed E-state index contributed by atoms with van der Waals surface area (Å²) in [7, 11) is 0. The Morgan fingerprint density at radius 1 is 1.33 bits per heavy atom. The molecule has 1 aromatic carbocycles. The number of imidazole rings is 1. The van der Waals surface area contributed by atoms with Crippen LogP contribution in [0.15, 0.2) is 30.5 Å². The number of nitrogens with one attached hydrogen (secondary N) is 1. The third kappa shape index (κ3) is 2.92. The maximum Gasteiger partial charge on any atom is 0.269 e. The molecule has 0 saturated carbocycles. The van der Waals surface area contributed by atoms with Crippen molar-refractivity contribution >= 4 is 5.69 Å². The molecule has 0 radical (unpaired) electrons. The molecule has 6 heteroatoms. The van der Waals surface area contributed by atoms with E-state index < -0.39 is 4.92 Å². The van der Waals surface area contributed by atoms with Crippen molar-refractivity contribution in [2.45, 2.75) is 12.8 Å². The van der Waals surface area contributed by atoms with Crippen LogP contribution in [0.5, 0.6) is 0 Å². The summed E-state index contributed by atoms with van der Waals surface area (Å²) in [5, 5.41) is 10.5. The van der Waals surface area contributed by atoms with E-state index in [0.29, 0.717) is 13.0 Å². The highest BCUT2D eigenvalue weighted by atomic mass is 16.6. The summed E-state index contributed by atoms with van der Waals surface area (Å²) in [6.45, 7) is 0.583. The number of H-pyrrole nitrogens is 1. The first-order valence-corrected chi connectivity index (χ1v) is 5.65. The van der Waals surface area contributed by atoms with Gasteiger partial charge in [-0.25, -0.2) is 4.98 Å². The van der Waals surface area contributed by atoms with Crippen molar-refractivity contribution < 1.29 is 4.92 Å². The minimum absolute atomic E-state index is 0.0991. The highest BCUT2D eigenvalue weighted by Gasteiger charge is 2.06. The molecule has 3 N–H and O–H groups in total. The van der Waals surface area contributed by atoms with Gasteiger partial charge < -0.3 is 10.7 Å². The van der Waals surface area contributed by atoms with Gasteiger partial charge in [0.2, 0.25) is 0 Å². The summed E-state index contributed by atoms with van der Waals surface area (Å²) < 4.78 is 0. The SMILES string of the molecule is NCCc1cnc(Cc2ccc([N+](=O)[O-])cc2)[nH]1. The van der Waals surface area contributed by atoms with Gasteiger partial charge in [-0.05, 0) is 12.1 Å². The van der Waals surface area contributed by atoms with Gasteiger partial charge in [-0.2, -0.15) is 0 Å². The van der Waals surface area contributed by atoms with Crippen molar-refractivity contribution in [3.63, 3.8) is 0 Å². The predicted molar refractivity (Wildman–Crippen MR) is 67.2 cm³/mol. The van der Waals surface area contributed by atoms with Crippen LogP contribution in [0, 0.1) is 10.1 Å². The van der Waals surface area contributed by atoms with Gasteiger partial charge in [-0.1, -0.05) is 12.1 Å². The number of hydrogen-bond acceptors (Lipinski definition) is 4. The van der Waals surface area contributed by atoms with Crippen LogP contribution in [0.3, 0.4) is 0 Å². The molecule has 0 aliphatic carbocycles. The molecule has 94 valence electrons. The Balaban J connectivity index is 2.06. The zero-order valence-electron chi connectivity index (χ0n) is 9.80. The highest BCUT2D eigenvalue weighted by Crippen LogP contribution is 2.14. The topological polar surface area (TPSA) is 97.8 Å².